The van der Waals surface area contributed by atoms with E-state index in [2.05, 4.69) is 27.3 Å². The highest BCUT2D eigenvalue weighted by molar-refractivity contribution is 7.07. The number of carbonyl (C=O) groups excluding carboxylic acids is 1. The zero-order chi connectivity index (χ0) is 15.0. The molecule has 22 heavy (non-hydrogen) atoms. The summed E-state index contributed by atoms with van der Waals surface area (Å²) in [5, 5.41) is 11.4. The van der Waals surface area contributed by atoms with Crippen LogP contribution < -0.4 is 5.32 Å². The molecule has 1 spiro atoms. The third kappa shape index (κ3) is 2.46. The molecule has 2 aliphatic rings. The number of amides is 1. The maximum atomic E-state index is 12.8. The number of thiophene rings is 1. The summed E-state index contributed by atoms with van der Waals surface area (Å²) in [6.07, 6.45) is 4.89. The fourth-order valence-electron chi connectivity index (χ4n) is 3.60. The van der Waals surface area contributed by atoms with Crippen molar-refractivity contribution < 1.29 is 9.32 Å². The van der Waals surface area contributed by atoms with E-state index in [1.165, 1.54) is 11.8 Å². The van der Waals surface area contributed by atoms with Crippen molar-refractivity contribution in [2.24, 2.45) is 5.41 Å². The zero-order valence-electron chi connectivity index (χ0n) is 12.3. The van der Waals surface area contributed by atoms with E-state index in [1.807, 2.05) is 4.90 Å². The van der Waals surface area contributed by atoms with Gasteiger partial charge in [-0.05, 0) is 60.2 Å². The molecule has 6 heteroatoms. The first-order valence-electron chi connectivity index (χ1n) is 7.72. The van der Waals surface area contributed by atoms with Crippen LogP contribution in [-0.4, -0.2) is 35.1 Å². The Morgan fingerprint density at radius 1 is 1.45 bits per heavy atom. The van der Waals surface area contributed by atoms with Gasteiger partial charge in [-0.15, -0.1) is 0 Å². The van der Waals surface area contributed by atoms with E-state index in [9.17, 15) is 4.79 Å². The molecule has 1 amide bonds. The Labute approximate surface area is 133 Å². The van der Waals surface area contributed by atoms with Gasteiger partial charge in [0.1, 0.15) is 6.26 Å². The number of carbonyl (C=O) groups is 1. The molecule has 1 N–H and O–H groups in total. The van der Waals surface area contributed by atoms with Crippen LogP contribution in [0.5, 0.6) is 0 Å². The van der Waals surface area contributed by atoms with Gasteiger partial charge in [0.15, 0.2) is 5.69 Å². The maximum Gasteiger partial charge on any atom is 0.276 e. The summed E-state index contributed by atoms with van der Waals surface area (Å²) < 4.78 is 4.85. The lowest BCUT2D eigenvalue weighted by Gasteiger charge is -2.29. The summed E-state index contributed by atoms with van der Waals surface area (Å²) in [5.74, 6) is -0.0136. The average molecular weight is 317 g/mol. The number of nitrogens with one attached hydrogen (secondary N) is 1. The summed E-state index contributed by atoms with van der Waals surface area (Å²) in [6, 6.07) is 4.07. The summed E-state index contributed by atoms with van der Waals surface area (Å²) in [4.78, 5) is 14.8. The van der Waals surface area contributed by atoms with Gasteiger partial charge in [-0.1, -0.05) is 5.16 Å². The molecule has 116 valence electrons. The van der Waals surface area contributed by atoms with E-state index in [4.69, 9.17) is 4.52 Å². The lowest BCUT2D eigenvalue weighted by Crippen LogP contribution is -2.39. The van der Waals surface area contributed by atoms with Crippen LogP contribution in [0.2, 0.25) is 0 Å². The Hall–Kier alpha value is -1.66. The molecule has 1 saturated heterocycles. The molecule has 3 heterocycles. The average Bonchev–Trinajstić information content (AvgIpc) is 3.02. The van der Waals surface area contributed by atoms with Crippen molar-refractivity contribution in [3.05, 3.63) is 40.4 Å². The van der Waals surface area contributed by atoms with Gasteiger partial charge in [0.2, 0.25) is 0 Å². The number of rotatable bonds is 4. The fourth-order valence-corrected chi connectivity index (χ4v) is 4.26. The van der Waals surface area contributed by atoms with Crippen molar-refractivity contribution in [1.82, 2.24) is 15.4 Å². The Kier molecular flexibility index (Phi) is 3.50. The van der Waals surface area contributed by atoms with Crippen molar-refractivity contribution in [2.45, 2.75) is 31.8 Å². The monoisotopic (exact) mass is 317 g/mol. The number of hydrogen-bond acceptors (Lipinski definition) is 5. The van der Waals surface area contributed by atoms with Crippen LogP contribution in [0, 0.1) is 5.41 Å². The van der Waals surface area contributed by atoms with E-state index in [1.54, 1.807) is 17.4 Å². The van der Waals surface area contributed by atoms with Crippen molar-refractivity contribution >= 4 is 17.2 Å². The first-order chi connectivity index (χ1) is 10.8. The minimum Gasteiger partial charge on any atom is -0.364 e. The van der Waals surface area contributed by atoms with Gasteiger partial charge in [0.05, 0.1) is 0 Å². The fraction of sp³-hybridized carbons (Fsp3) is 0.500. The van der Waals surface area contributed by atoms with Crippen LogP contribution >= 0.6 is 11.3 Å². The zero-order valence-corrected chi connectivity index (χ0v) is 13.1. The third-order valence-electron chi connectivity index (χ3n) is 4.97. The molecule has 0 bridgehead atoms. The first-order valence-corrected chi connectivity index (χ1v) is 8.66. The molecule has 1 aliphatic carbocycles. The second-order valence-corrected chi connectivity index (χ2v) is 7.06. The second-order valence-electron chi connectivity index (χ2n) is 6.28. The number of aromatic nitrogens is 1. The number of piperidine rings is 1. The normalized spacial score (nSPS) is 22.6. The van der Waals surface area contributed by atoms with E-state index in [-0.39, 0.29) is 5.91 Å². The molecule has 4 rings (SSSR count). The lowest BCUT2D eigenvalue weighted by molar-refractivity contribution is 0.0682. The van der Waals surface area contributed by atoms with Crippen LogP contribution in [0.4, 0.5) is 0 Å². The molecule has 1 atom stereocenters. The highest BCUT2D eigenvalue weighted by Crippen LogP contribution is 2.56. The predicted octanol–water partition coefficient (Wildman–Crippen LogP) is 2.52. The molecule has 2 aromatic rings. The van der Waals surface area contributed by atoms with Gasteiger partial charge in [0.25, 0.3) is 5.91 Å². The Balaban J connectivity index is 1.57. The molecule has 1 aliphatic heterocycles. The van der Waals surface area contributed by atoms with Crippen molar-refractivity contribution in [3.63, 3.8) is 0 Å². The van der Waals surface area contributed by atoms with Crippen LogP contribution in [0.25, 0.3) is 0 Å². The maximum absolute atomic E-state index is 12.8. The quantitative estimate of drug-likeness (QED) is 0.941. The minimum atomic E-state index is -0.0136. The van der Waals surface area contributed by atoms with E-state index < -0.39 is 0 Å². The molecule has 2 aromatic heterocycles. The minimum absolute atomic E-state index is 0.0136. The number of hydrogen-bond donors (Lipinski definition) is 1. The summed E-state index contributed by atoms with van der Waals surface area (Å²) in [7, 11) is 0. The van der Waals surface area contributed by atoms with Crippen LogP contribution in [0.15, 0.2) is 33.7 Å². The topological polar surface area (TPSA) is 58.4 Å². The van der Waals surface area contributed by atoms with Gasteiger partial charge >= 0.3 is 0 Å². The first kappa shape index (κ1) is 14.0. The smallest absolute Gasteiger partial charge is 0.276 e. The van der Waals surface area contributed by atoms with E-state index in [0.29, 0.717) is 23.7 Å². The Morgan fingerprint density at radius 3 is 3.00 bits per heavy atom. The molecule has 0 radical (unpaired) electrons. The van der Waals surface area contributed by atoms with E-state index >= 15 is 0 Å². The van der Waals surface area contributed by atoms with E-state index in [0.717, 1.165) is 32.4 Å². The number of nitrogens with zero attached hydrogens (tertiary/aromatic N) is 2. The molecule has 2 fully saturated rings. The summed E-state index contributed by atoms with van der Waals surface area (Å²) in [5.41, 5.74) is 1.92. The second kappa shape index (κ2) is 5.52. The molecule has 0 unspecified atom stereocenters. The lowest BCUT2D eigenvalue weighted by atomic mass is 9.93. The van der Waals surface area contributed by atoms with Gasteiger partial charge in [0, 0.05) is 18.7 Å². The molecule has 5 nitrogen and oxygen atoms in total. The SMILES string of the molecule is O=C(c1ccon1)N(Cc1ccsc1)[C@@H]1CC12CCNCC2. The standard InChI is InChI=1S/C16H19N3O2S/c20-15(13-1-7-21-18-13)19(10-12-2-8-22-11-12)14-9-16(14)3-5-17-6-4-16/h1-2,7-8,11,14,17H,3-6,9-10H2/t14-/m1/s1. The molecule has 1 saturated carbocycles. The Bertz CT molecular complexity index is 632. The largest absolute Gasteiger partial charge is 0.364 e. The third-order valence-corrected chi connectivity index (χ3v) is 5.71. The van der Waals surface area contributed by atoms with Gasteiger partial charge in [-0.25, -0.2) is 0 Å². The van der Waals surface area contributed by atoms with Gasteiger partial charge in [-0.3, -0.25) is 4.79 Å². The highest BCUT2D eigenvalue weighted by Gasteiger charge is 2.57. The summed E-state index contributed by atoms with van der Waals surface area (Å²) in [6.45, 7) is 2.77. The van der Waals surface area contributed by atoms with Crippen molar-refractivity contribution in [1.29, 1.82) is 0 Å². The van der Waals surface area contributed by atoms with Gasteiger partial charge in [-0.2, -0.15) is 11.3 Å². The van der Waals surface area contributed by atoms with Crippen LogP contribution in [-0.2, 0) is 6.54 Å². The predicted molar refractivity (Wildman–Crippen MR) is 83.6 cm³/mol. The molecular formula is C16H19N3O2S. The Morgan fingerprint density at radius 2 is 2.32 bits per heavy atom. The van der Waals surface area contributed by atoms with Gasteiger partial charge < -0.3 is 14.7 Å². The molecule has 0 aromatic carbocycles. The van der Waals surface area contributed by atoms with Crippen molar-refractivity contribution in [2.75, 3.05) is 13.1 Å². The molecular weight excluding hydrogens is 298 g/mol. The highest BCUT2D eigenvalue weighted by atomic mass is 32.1. The van der Waals surface area contributed by atoms with Crippen LogP contribution in [0.3, 0.4) is 0 Å². The summed E-state index contributed by atoms with van der Waals surface area (Å²) >= 11 is 1.67. The van der Waals surface area contributed by atoms with Crippen LogP contribution in [0.1, 0.15) is 35.3 Å². The van der Waals surface area contributed by atoms with Crippen molar-refractivity contribution in [3.8, 4) is 0 Å².